The van der Waals surface area contributed by atoms with Crippen LogP contribution in [-0.4, -0.2) is 42.8 Å². The molecule has 0 radical (unpaired) electrons. The highest BCUT2D eigenvalue weighted by atomic mass is 32.2. The van der Waals surface area contributed by atoms with Gasteiger partial charge in [0, 0.05) is 11.8 Å². The quantitative estimate of drug-likeness (QED) is 0.320. The Morgan fingerprint density at radius 3 is 2.12 bits per heavy atom. The van der Waals surface area contributed by atoms with Gasteiger partial charge in [-0.15, -0.1) is 0 Å². The largest absolute Gasteiger partial charge is 0.497 e. The van der Waals surface area contributed by atoms with Crippen molar-refractivity contribution < 1.29 is 37.5 Å². The summed E-state index contributed by atoms with van der Waals surface area (Å²) < 4.78 is 37.3. The van der Waals surface area contributed by atoms with Crippen LogP contribution in [0.3, 0.4) is 0 Å². The van der Waals surface area contributed by atoms with Crippen LogP contribution in [0.2, 0.25) is 0 Å². The highest BCUT2D eigenvalue weighted by Gasteiger charge is 2.36. The smallest absolute Gasteiger partial charge is 0.320 e. The van der Waals surface area contributed by atoms with Gasteiger partial charge in [0.05, 0.1) is 18.0 Å². The van der Waals surface area contributed by atoms with E-state index in [2.05, 4.69) is 15.2 Å². The number of methoxy groups -OCH3 is 1. The summed E-state index contributed by atoms with van der Waals surface area (Å²) in [6.45, 7) is 1.62. The van der Waals surface area contributed by atoms with Crippen molar-refractivity contribution in [3.63, 3.8) is 0 Å². The fourth-order valence-electron chi connectivity index (χ4n) is 3.08. The lowest BCUT2D eigenvalue weighted by Crippen LogP contribution is -2.34. The number of nitrogens with zero attached hydrogens (tertiary/aromatic N) is 1. The van der Waals surface area contributed by atoms with Gasteiger partial charge in [0.1, 0.15) is 11.5 Å². The second-order valence-electron chi connectivity index (χ2n) is 7.00. The van der Waals surface area contributed by atoms with Crippen molar-refractivity contribution in [2.75, 3.05) is 17.1 Å². The van der Waals surface area contributed by atoms with Crippen molar-refractivity contribution in [3.8, 4) is 5.75 Å². The van der Waals surface area contributed by atoms with E-state index < -0.39 is 33.9 Å². The summed E-state index contributed by atoms with van der Waals surface area (Å²) >= 11 is 0. The van der Waals surface area contributed by atoms with Crippen molar-refractivity contribution in [2.24, 2.45) is 5.92 Å². The molecule has 0 spiro atoms. The van der Waals surface area contributed by atoms with Gasteiger partial charge in [-0.1, -0.05) is 17.3 Å². The molecule has 11 nitrogen and oxygen atoms in total. The summed E-state index contributed by atoms with van der Waals surface area (Å²) in [7, 11) is -2.48. The molecule has 0 aliphatic carbocycles. The summed E-state index contributed by atoms with van der Waals surface area (Å²) in [6, 6.07) is 11.9. The Morgan fingerprint density at radius 2 is 1.64 bits per heavy atom. The molecule has 0 aliphatic heterocycles. The van der Waals surface area contributed by atoms with E-state index in [1.807, 2.05) is 0 Å². The number of benzene rings is 2. The van der Waals surface area contributed by atoms with E-state index in [0.29, 0.717) is 22.8 Å². The lowest BCUT2D eigenvalue weighted by Gasteiger charge is -2.24. The highest BCUT2D eigenvalue weighted by Crippen LogP contribution is 2.30. The molecule has 0 bridgehead atoms. The van der Waals surface area contributed by atoms with Gasteiger partial charge < -0.3 is 24.8 Å². The van der Waals surface area contributed by atoms with Crippen LogP contribution < -0.4 is 14.8 Å². The van der Waals surface area contributed by atoms with Gasteiger partial charge >= 0.3 is 11.9 Å². The molecule has 33 heavy (non-hydrogen) atoms. The van der Waals surface area contributed by atoms with Gasteiger partial charge in [0.2, 0.25) is 0 Å². The number of rotatable bonds is 10. The lowest BCUT2D eigenvalue weighted by molar-refractivity contribution is -0.155. The van der Waals surface area contributed by atoms with E-state index in [1.165, 1.54) is 37.4 Å². The van der Waals surface area contributed by atoms with E-state index in [0.717, 1.165) is 0 Å². The van der Waals surface area contributed by atoms with Crippen LogP contribution in [0.4, 0.5) is 11.5 Å². The molecule has 0 saturated carbocycles. The van der Waals surface area contributed by atoms with Crippen molar-refractivity contribution >= 4 is 33.5 Å². The number of aromatic nitrogens is 1. The van der Waals surface area contributed by atoms with Gasteiger partial charge in [-0.2, -0.15) is 0 Å². The predicted octanol–water partition coefficient (Wildman–Crippen LogP) is 2.73. The number of carbonyl (C=O) groups is 2. The molecular weight excluding hydrogens is 454 g/mol. The first-order chi connectivity index (χ1) is 15.6. The van der Waals surface area contributed by atoms with Crippen molar-refractivity contribution in [2.45, 2.75) is 17.9 Å². The zero-order valence-electron chi connectivity index (χ0n) is 17.6. The predicted molar refractivity (Wildman–Crippen MR) is 117 cm³/mol. The van der Waals surface area contributed by atoms with E-state index in [1.54, 1.807) is 31.2 Å². The molecule has 0 aliphatic rings. The molecule has 1 atom stereocenters. The Bertz CT molecular complexity index is 1220. The van der Waals surface area contributed by atoms with Crippen LogP contribution in [0, 0.1) is 12.8 Å². The zero-order chi connectivity index (χ0) is 24.2. The number of aryl methyl sites for hydroxylation is 1. The molecule has 0 fully saturated rings. The van der Waals surface area contributed by atoms with Gasteiger partial charge in [-0.3, -0.25) is 14.3 Å². The fourth-order valence-corrected chi connectivity index (χ4v) is 4.07. The first-order valence-electron chi connectivity index (χ1n) is 9.53. The summed E-state index contributed by atoms with van der Waals surface area (Å²) in [4.78, 5) is 23.3. The number of aliphatic carboxylic acids is 2. The van der Waals surface area contributed by atoms with Gasteiger partial charge in [-0.05, 0) is 48.9 Å². The molecule has 1 heterocycles. The Morgan fingerprint density at radius 1 is 1.03 bits per heavy atom. The van der Waals surface area contributed by atoms with E-state index in [-0.39, 0.29) is 10.7 Å². The second kappa shape index (κ2) is 9.61. The standard InChI is InChI=1S/C21H21N3O8S/c1-12-11-17(23-32-12)24-33(29,30)16-9-5-14(6-10-16)22-19(18(20(25)26)21(27)28)13-3-7-15(31-2)8-4-13/h3-11,18-19,22H,1-2H3,(H,23,24)(H,25,26)(H,27,28). The zero-order valence-corrected chi connectivity index (χ0v) is 18.4. The number of ether oxygens (including phenoxy) is 1. The SMILES string of the molecule is COc1ccc(C(Nc2ccc(S(=O)(=O)Nc3cc(C)on3)cc2)C(C(=O)O)C(=O)O)cc1. The number of carboxylic acid groups (broad SMARTS) is 2. The summed E-state index contributed by atoms with van der Waals surface area (Å²) in [5, 5.41) is 25.5. The molecule has 1 aromatic heterocycles. The van der Waals surface area contributed by atoms with Crippen molar-refractivity contribution in [1.82, 2.24) is 5.16 Å². The molecule has 174 valence electrons. The third kappa shape index (κ3) is 5.60. The monoisotopic (exact) mass is 475 g/mol. The van der Waals surface area contributed by atoms with Crippen LogP contribution in [0.1, 0.15) is 17.4 Å². The number of sulfonamides is 1. The minimum Gasteiger partial charge on any atom is -0.497 e. The molecule has 4 N–H and O–H groups in total. The number of anilines is 2. The Kier molecular flexibility index (Phi) is 6.87. The third-order valence-corrected chi connectivity index (χ3v) is 6.06. The Labute approximate surface area is 189 Å². The maximum absolute atomic E-state index is 12.5. The van der Waals surface area contributed by atoms with Gasteiger partial charge in [-0.25, -0.2) is 8.42 Å². The number of carboxylic acids is 2. The molecule has 3 aromatic rings. The first-order valence-corrected chi connectivity index (χ1v) is 11.0. The minimum absolute atomic E-state index is 0.0278. The van der Waals surface area contributed by atoms with Gasteiger partial charge in [0.15, 0.2) is 11.7 Å². The normalized spacial score (nSPS) is 12.2. The third-order valence-electron chi connectivity index (χ3n) is 4.69. The Hall–Kier alpha value is -4.06. The molecule has 12 heteroatoms. The Balaban J connectivity index is 1.87. The number of hydrogen-bond acceptors (Lipinski definition) is 8. The molecule has 2 aromatic carbocycles. The van der Waals surface area contributed by atoms with E-state index in [4.69, 9.17) is 9.26 Å². The highest BCUT2D eigenvalue weighted by molar-refractivity contribution is 7.92. The number of nitrogens with one attached hydrogen (secondary N) is 2. The minimum atomic E-state index is -3.95. The summed E-state index contributed by atoms with van der Waals surface area (Å²) in [5.41, 5.74) is 0.713. The fraction of sp³-hybridized carbons (Fsp3) is 0.190. The molecule has 3 rings (SSSR count). The van der Waals surface area contributed by atoms with Crippen molar-refractivity contribution in [1.29, 1.82) is 0 Å². The van der Waals surface area contributed by atoms with Crippen LogP contribution >= 0.6 is 0 Å². The van der Waals surface area contributed by atoms with Crippen LogP contribution in [-0.2, 0) is 19.6 Å². The summed E-state index contributed by atoms with van der Waals surface area (Å²) in [6.07, 6.45) is 0. The molecule has 0 saturated heterocycles. The van der Waals surface area contributed by atoms with Crippen LogP contribution in [0.5, 0.6) is 5.75 Å². The topological polar surface area (TPSA) is 168 Å². The van der Waals surface area contributed by atoms with Crippen LogP contribution in [0.15, 0.2) is 64.0 Å². The first kappa shape index (κ1) is 23.6. The maximum atomic E-state index is 12.5. The average Bonchev–Trinajstić information content (AvgIpc) is 3.17. The molecular formula is C21H21N3O8S. The molecule has 1 unspecified atom stereocenters. The van der Waals surface area contributed by atoms with Crippen molar-refractivity contribution in [3.05, 3.63) is 65.9 Å². The van der Waals surface area contributed by atoms with E-state index in [9.17, 15) is 28.2 Å². The van der Waals surface area contributed by atoms with E-state index >= 15 is 0 Å². The second-order valence-corrected chi connectivity index (χ2v) is 8.68. The maximum Gasteiger partial charge on any atom is 0.320 e. The van der Waals surface area contributed by atoms with Gasteiger partial charge in [0.25, 0.3) is 10.0 Å². The summed E-state index contributed by atoms with van der Waals surface area (Å²) in [5.74, 6) is -3.88. The molecule has 0 amide bonds. The lowest BCUT2D eigenvalue weighted by atomic mass is 9.92. The van der Waals surface area contributed by atoms with Crippen LogP contribution in [0.25, 0.3) is 0 Å². The average molecular weight is 475 g/mol. The number of hydrogen-bond donors (Lipinski definition) is 4.